The fraction of sp³-hybridized carbons (Fsp3) is 0.609. The average Bonchev–Trinajstić information content (AvgIpc) is 3.22. The lowest BCUT2D eigenvalue weighted by Gasteiger charge is -2.20. The van der Waals surface area contributed by atoms with Crippen LogP contribution in [0.2, 0.25) is 0 Å². The molecule has 0 aromatic rings. The van der Waals surface area contributed by atoms with E-state index in [4.69, 9.17) is 23.8 Å². The molecule has 0 amide bonds. The lowest BCUT2D eigenvalue weighted by Crippen LogP contribution is -2.29. The maximum Gasteiger partial charge on any atom is 0.472 e. The number of phosphoric acid groups is 2. The van der Waals surface area contributed by atoms with Crippen molar-refractivity contribution < 1.29 is 66.7 Å². The maximum absolute atomic E-state index is 12.6. The largest absolute Gasteiger partial charge is 0.472 e. The first kappa shape index (κ1) is 59.0. The summed E-state index contributed by atoms with van der Waals surface area (Å²) in [7, 11) is -9.73. The third-order valence-electron chi connectivity index (χ3n) is 8.49. The SMILES string of the molecule is CCCCC/C=C\C/C=C\C/C=C\C/C=C\CCCC(=O)OC[C@H](COP(=O)(O)OC[C@@H](O)COP(=O)(O)O)OC(=O)CCC/C=C\C/C=C\C/C=C\C/C=C\CC(O)CCC. The number of rotatable bonds is 40. The van der Waals surface area contributed by atoms with Gasteiger partial charge in [-0.25, -0.2) is 9.13 Å². The van der Waals surface area contributed by atoms with Crippen LogP contribution in [0.4, 0.5) is 0 Å². The molecule has 0 fully saturated rings. The van der Waals surface area contributed by atoms with Crippen molar-refractivity contribution in [2.24, 2.45) is 0 Å². The average molecular weight is 915 g/mol. The third kappa shape index (κ3) is 43.6. The van der Waals surface area contributed by atoms with Crippen LogP contribution in [-0.2, 0) is 41.8 Å². The molecule has 62 heavy (non-hydrogen) atoms. The van der Waals surface area contributed by atoms with E-state index in [0.717, 1.165) is 57.8 Å². The van der Waals surface area contributed by atoms with Crippen molar-refractivity contribution in [1.82, 2.24) is 0 Å². The van der Waals surface area contributed by atoms with Gasteiger partial charge in [0.1, 0.15) is 12.7 Å². The Kier molecular flexibility index (Phi) is 38.8. The molecule has 0 aliphatic heterocycles. The summed E-state index contributed by atoms with van der Waals surface area (Å²) in [5.74, 6) is -1.19. The van der Waals surface area contributed by atoms with Gasteiger partial charge < -0.3 is 34.4 Å². The van der Waals surface area contributed by atoms with Gasteiger partial charge in [0.2, 0.25) is 0 Å². The molecule has 0 spiro atoms. The molecule has 0 saturated heterocycles. The van der Waals surface area contributed by atoms with Crippen molar-refractivity contribution in [2.75, 3.05) is 26.4 Å². The quantitative estimate of drug-likeness (QED) is 0.0167. The van der Waals surface area contributed by atoms with E-state index in [0.29, 0.717) is 32.1 Å². The zero-order valence-electron chi connectivity index (χ0n) is 37.0. The Bertz CT molecular complexity index is 1480. The molecule has 0 radical (unpaired) electrons. The topological polar surface area (TPSA) is 216 Å². The van der Waals surface area contributed by atoms with Crippen LogP contribution in [-0.4, -0.2) is 81.6 Å². The van der Waals surface area contributed by atoms with Crippen LogP contribution < -0.4 is 0 Å². The molecular formula is C46H76O14P2. The van der Waals surface area contributed by atoms with Crippen LogP contribution in [0, 0.1) is 0 Å². The highest BCUT2D eigenvalue weighted by atomic mass is 31.2. The smallest absolute Gasteiger partial charge is 0.462 e. The summed E-state index contributed by atoms with van der Waals surface area (Å²) in [4.78, 5) is 52.7. The number of allylic oxidation sites excluding steroid dienone is 15. The fourth-order valence-electron chi connectivity index (χ4n) is 5.17. The van der Waals surface area contributed by atoms with E-state index in [1.54, 1.807) is 0 Å². The highest BCUT2D eigenvalue weighted by molar-refractivity contribution is 7.47. The second kappa shape index (κ2) is 40.8. The molecule has 0 rings (SSSR count). The fourth-order valence-corrected chi connectivity index (χ4v) is 6.33. The predicted octanol–water partition coefficient (Wildman–Crippen LogP) is 10.3. The summed E-state index contributed by atoms with van der Waals surface area (Å²) in [5.41, 5.74) is 0. The van der Waals surface area contributed by atoms with Crippen LogP contribution in [0.3, 0.4) is 0 Å². The maximum atomic E-state index is 12.6. The molecule has 0 aromatic carbocycles. The van der Waals surface area contributed by atoms with E-state index in [-0.39, 0.29) is 18.9 Å². The Balaban J connectivity index is 4.74. The standard InChI is InChI=1S/C46H76O14P2/c1-3-5-6-7-8-9-10-11-12-13-14-17-20-23-26-29-32-36-45(49)56-40-44(41-59-62(54,55)58-39-43(48)38-57-61(51,52)53)60-46(50)37-33-30-27-24-21-18-15-16-19-22-25-28-31-35-42(47)34-4-2/h8-9,11-12,14-15,17-19,22-24,26-28,31,42-44,47-48H,3-7,10,13,16,20-21,25,29-30,32-41H2,1-2H3,(H,54,55)(H2,51,52,53)/b9-8-,12-11-,17-14-,18-15-,22-19-,26-23-,27-24-,31-28-/t42?,43-,44+/m0/s1. The number of hydrogen-bond donors (Lipinski definition) is 5. The van der Waals surface area contributed by atoms with Gasteiger partial charge in [-0.05, 0) is 89.9 Å². The zero-order chi connectivity index (χ0) is 46.0. The number of esters is 2. The van der Waals surface area contributed by atoms with Crippen molar-refractivity contribution in [3.8, 4) is 0 Å². The molecule has 16 heteroatoms. The second-order valence-electron chi connectivity index (χ2n) is 14.4. The van der Waals surface area contributed by atoms with Crippen LogP contribution in [0.5, 0.6) is 0 Å². The van der Waals surface area contributed by atoms with Gasteiger partial charge in [-0.15, -0.1) is 0 Å². The monoisotopic (exact) mass is 914 g/mol. The van der Waals surface area contributed by atoms with Crippen LogP contribution in [0.15, 0.2) is 97.2 Å². The van der Waals surface area contributed by atoms with Crippen molar-refractivity contribution >= 4 is 27.6 Å². The Hall–Kier alpha value is -3.00. The van der Waals surface area contributed by atoms with Crippen molar-refractivity contribution in [3.63, 3.8) is 0 Å². The Morgan fingerprint density at radius 1 is 0.500 bits per heavy atom. The number of carbonyl (C=O) groups is 2. The van der Waals surface area contributed by atoms with Gasteiger partial charge in [0, 0.05) is 12.8 Å². The minimum absolute atomic E-state index is 0.0234. The molecule has 0 aliphatic rings. The molecule has 2 unspecified atom stereocenters. The van der Waals surface area contributed by atoms with Crippen LogP contribution >= 0.6 is 15.6 Å². The number of carbonyl (C=O) groups excluding carboxylic acids is 2. The highest BCUT2D eigenvalue weighted by Crippen LogP contribution is 2.43. The number of aliphatic hydroxyl groups is 2. The van der Waals surface area contributed by atoms with Crippen LogP contribution in [0.25, 0.3) is 0 Å². The first-order valence-corrected chi connectivity index (χ1v) is 25.0. The molecule has 0 aromatic heterocycles. The minimum Gasteiger partial charge on any atom is -0.462 e. The van der Waals surface area contributed by atoms with E-state index in [1.807, 2.05) is 36.5 Å². The number of aliphatic hydroxyl groups excluding tert-OH is 2. The first-order chi connectivity index (χ1) is 29.8. The van der Waals surface area contributed by atoms with Gasteiger partial charge in [0.05, 0.1) is 25.9 Å². The first-order valence-electron chi connectivity index (χ1n) is 22.0. The van der Waals surface area contributed by atoms with E-state index in [1.165, 1.54) is 19.3 Å². The van der Waals surface area contributed by atoms with Gasteiger partial charge in [0.25, 0.3) is 0 Å². The van der Waals surface area contributed by atoms with E-state index in [2.05, 4.69) is 83.7 Å². The second-order valence-corrected chi connectivity index (χ2v) is 17.1. The molecule has 0 bridgehead atoms. The lowest BCUT2D eigenvalue weighted by atomic mass is 10.1. The molecule has 4 atom stereocenters. The third-order valence-corrected chi connectivity index (χ3v) is 9.93. The summed E-state index contributed by atoms with van der Waals surface area (Å²) in [6, 6.07) is 0. The van der Waals surface area contributed by atoms with E-state index in [9.17, 15) is 33.8 Å². The van der Waals surface area contributed by atoms with Crippen molar-refractivity contribution in [2.45, 2.75) is 154 Å². The van der Waals surface area contributed by atoms with Crippen molar-refractivity contribution in [3.05, 3.63) is 97.2 Å². The van der Waals surface area contributed by atoms with Gasteiger partial charge in [-0.2, -0.15) is 0 Å². The molecular weight excluding hydrogens is 838 g/mol. The van der Waals surface area contributed by atoms with E-state index < -0.39 is 66.2 Å². The Labute approximate surface area is 371 Å². The molecule has 5 N–H and O–H groups in total. The van der Waals surface area contributed by atoms with Crippen LogP contribution in [0.1, 0.15) is 136 Å². The minimum atomic E-state index is -4.88. The number of hydrogen-bond acceptors (Lipinski definition) is 11. The normalized spacial score (nSPS) is 15.4. The number of unbranched alkanes of at least 4 members (excludes halogenated alkanes) is 5. The Morgan fingerprint density at radius 3 is 1.42 bits per heavy atom. The zero-order valence-corrected chi connectivity index (χ0v) is 38.8. The lowest BCUT2D eigenvalue weighted by molar-refractivity contribution is -0.161. The summed E-state index contributed by atoms with van der Waals surface area (Å²) >= 11 is 0. The van der Waals surface area contributed by atoms with E-state index >= 15 is 0 Å². The Morgan fingerprint density at radius 2 is 0.935 bits per heavy atom. The number of phosphoric ester groups is 2. The number of ether oxygens (including phenoxy) is 2. The molecule has 0 heterocycles. The van der Waals surface area contributed by atoms with Gasteiger partial charge in [0.15, 0.2) is 6.10 Å². The van der Waals surface area contributed by atoms with Crippen molar-refractivity contribution in [1.29, 1.82) is 0 Å². The summed E-state index contributed by atoms with van der Waals surface area (Å²) in [6.45, 7) is 1.38. The molecule has 0 aliphatic carbocycles. The predicted molar refractivity (Wildman–Crippen MR) is 245 cm³/mol. The molecule has 0 saturated carbocycles. The van der Waals surface area contributed by atoms with Gasteiger partial charge in [-0.3, -0.25) is 23.2 Å². The summed E-state index contributed by atoms with van der Waals surface area (Å²) in [6.07, 6.45) is 44.7. The molecule has 14 nitrogen and oxygen atoms in total. The molecule has 354 valence electrons. The van der Waals surface area contributed by atoms with Gasteiger partial charge in [-0.1, -0.05) is 130 Å². The highest BCUT2D eigenvalue weighted by Gasteiger charge is 2.28. The van der Waals surface area contributed by atoms with Gasteiger partial charge >= 0.3 is 27.6 Å². The summed E-state index contributed by atoms with van der Waals surface area (Å²) in [5, 5.41) is 19.5. The summed E-state index contributed by atoms with van der Waals surface area (Å²) < 4.78 is 47.6.